The summed E-state index contributed by atoms with van der Waals surface area (Å²) in [6.45, 7) is 2.88. The lowest BCUT2D eigenvalue weighted by molar-refractivity contribution is -0.288. The SMILES string of the molecule is COC1CCOC(OCc2ccc(-n3ccnc3C)cc2Cl)(c2ccccc2)C1.Cl. The molecule has 0 bridgehead atoms. The highest BCUT2D eigenvalue weighted by atomic mass is 35.5. The van der Waals surface area contributed by atoms with E-state index < -0.39 is 5.79 Å². The van der Waals surface area contributed by atoms with Gasteiger partial charge in [0.15, 0.2) is 5.79 Å². The fourth-order valence-corrected chi connectivity index (χ4v) is 3.97. The molecule has 0 amide bonds. The number of nitrogens with zero attached hydrogens (tertiary/aromatic N) is 2. The maximum atomic E-state index is 6.58. The summed E-state index contributed by atoms with van der Waals surface area (Å²) >= 11 is 6.58. The van der Waals surface area contributed by atoms with Crippen molar-refractivity contribution in [2.45, 2.75) is 38.3 Å². The number of hydrogen-bond donors (Lipinski definition) is 0. The van der Waals surface area contributed by atoms with Gasteiger partial charge >= 0.3 is 0 Å². The van der Waals surface area contributed by atoms with Crippen molar-refractivity contribution in [3.05, 3.63) is 82.9 Å². The Morgan fingerprint density at radius 3 is 2.70 bits per heavy atom. The fourth-order valence-electron chi connectivity index (χ4n) is 3.74. The third-order valence-electron chi connectivity index (χ3n) is 5.42. The standard InChI is InChI=1S/C23H25ClN2O3.ClH/c1-17-25-11-12-26(17)20-9-8-18(22(24)14-20)16-29-23(19-6-4-3-5-7-19)15-21(27-2)10-13-28-23;/h3-9,11-12,14,21H,10,13,15-16H2,1-2H3;1H. The minimum Gasteiger partial charge on any atom is -0.381 e. The van der Waals surface area contributed by atoms with Crippen LogP contribution in [0.2, 0.25) is 5.02 Å². The molecule has 0 spiro atoms. The molecule has 1 aliphatic rings. The predicted octanol–water partition coefficient (Wildman–Crippen LogP) is 5.45. The van der Waals surface area contributed by atoms with Gasteiger partial charge in [-0.15, -0.1) is 12.4 Å². The lowest BCUT2D eigenvalue weighted by Gasteiger charge is -2.40. The number of hydrogen-bond acceptors (Lipinski definition) is 4. The molecule has 0 radical (unpaired) electrons. The molecule has 0 saturated carbocycles. The van der Waals surface area contributed by atoms with E-state index >= 15 is 0 Å². The van der Waals surface area contributed by atoms with Gasteiger partial charge in [-0.25, -0.2) is 4.98 Å². The minimum atomic E-state index is -0.844. The number of ether oxygens (including phenoxy) is 3. The van der Waals surface area contributed by atoms with E-state index in [1.165, 1.54) is 0 Å². The smallest absolute Gasteiger partial charge is 0.197 e. The summed E-state index contributed by atoms with van der Waals surface area (Å²) in [5, 5.41) is 0.651. The minimum absolute atomic E-state index is 0. The summed E-state index contributed by atoms with van der Waals surface area (Å²) in [5.74, 6) is 0.0673. The maximum Gasteiger partial charge on any atom is 0.197 e. The van der Waals surface area contributed by atoms with Crippen molar-refractivity contribution in [2.24, 2.45) is 0 Å². The second-order valence-electron chi connectivity index (χ2n) is 7.23. The lowest BCUT2D eigenvalue weighted by atomic mass is 9.95. The fraction of sp³-hybridized carbons (Fsp3) is 0.348. The van der Waals surface area contributed by atoms with Crippen LogP contribution >= 0.6 is 24.0 Å². The Kier molecular flexibility index (Phi) is 7.55. The molecule has 4 rings (SSSR count). The third-order valence-corrected chi connectivity index (χ3v) is 5.77. The summed E-state index contributed by atoms with van der Waals surface area (Å²) in [7, 11) is 1.74. The first-order valence-electron chi connectivity index (χ1n) is 9.76. The van der Waals surface area contributed by atoms with Crippen molar-refractivity contribution in [2.75, 3.05) is 13.7 Å². The Morgan fingerprint density at radius 2 is 2.03 bits per heavy atom. The quantitative estimate of drug-likeness (QED) is 0.502. The van der Waals surface area contributed by atoms with E-state index in [1.54, 1.807) is 13.3 Å². The zero-order chi connectivity index (χ0) is 20.3. The van der Waals surface area contributed by atoms with E-state index in [1.807, 2.05) is 66.2 Å². The molecule has 0 N–H and O–H groups in total. The Bertz CT molecular complexity index is 964. The van der Waals surface area contributed by atoms with Crippen molar-refractivity contribution in [3.63, 3.8) is 0 Å². The van der Waals surface area contributed by atoms with Crippen LogP contribution in [-0.4, -0.2) is 29.4 Å². The average Bonchev–Trinajstić information content (AvgIpc) is 3.19. The number of benzene rings is 2. The van der Waals surface area contributed by atoms with Gasteiger partial charge in [0, 0.05) is 42.2 Å². The zero-order valence-electron chi connectivity index (χ0n) is 17.1. The molecule has 1 aliphatic heterocycles. The van der Waals surface area contributed by atoms with Gasteiger partial charge in [0.2, 0.25) is 0 Å². The lowest BCUT2D eigenvalue weighted by Crippen LogP contribution is -2.42. The number of halogens is 2. The van der Waals surface area contributed by atoms with E-state index in [9.17, 15) is 0 Å². The molecule has 3 aromatic rings. The number of aromatic nitrogens is 2. The third kappa shape index (κ3) is 4.71. The summed E-state index contributed by atoms with van der Waals surface area (Å²) < 4.78 is 20.2. The van der Waals surface area contributed by atoms with Gasteiger partial charge in [-0.1, -0.05) is 48.0 Å². The largest absolute Gasteiger partial charge is 0.381 e. The predicted molar refractivity (Wildman–Crippen MR) is 119 cm³/mol. The summed E-state index contributed by atoms with van der Waals surface area (Å²) in [5.41, 5.74) is 2.87. The van der Waals surface area contributed by atoms with Gasteiger partial charge in [0.25, 0.3) is 0 Å². The van der Waals surface area contributed by atoms with Gasteiger partial charge in [-0.3, -0.25) is 0 Å². The summed E-state index contributed by atoms with van der Waals surface area (Å²) in [4.78, 5) is 4.27. The molecule has 1 saturated heterocycles. The van der Waals surface area contributed by atoms with Gasteiger partial charge in [-0.2, -0.15) is 0 Å². The normalized spacial score (nSPS) is 21.2. The molecule has 5 nitrogen and oxygen atoms in total. The first kappa shape index (κ1) is 22.8. The number of rotatable bonds is 6. The van der Waals surface area contributed by atoms with Crippen molar-refractivity contribution in [3.8, 4) is 5.69 Å². The van der Waals surface area contributed by atoms with Gasteiger partial charge < -0.3 is 18.8 Å². The Morgan fingerprint density at radius 1 is 1.23 bits per heavy atom. The summed E-state index contributed by atoms with van der Waals surface area (Å²) in [6.07, 6.45) is 5.27. The monoisotopic (exact) mass is 448 g/mol. The van der Waals surface area contributed by atoms with Crippen LogP contribution in [0.5, 0.6) is 0 Å². The van der Waals surface area contributed by atoms with Crippen LogP contribution in [0.4, 0.5) is 0 Å². The molecule has 2 aromatic carbocycles. The van der Waals surface area contributed by atoms with Crippen LogP contribution < -0.4 is 0 Å². The second kappa shape index (κ2) is 9.94. The Hall–Kier alpha value is -1.89. The number of aryl methyl sites for hydroxylation is 1. The van der Waals surface area contributed by atoms with Gasteiger partial charge in [-0.05, 0) is 31.0 Å². The van der Waals surface area contributed by atoms with Crippen molar-refractivity contribution in [1.82, 2.24) is 9.55 Å². The first-order valence-corrected chi connectivity index (χ1v) is 10.1. The van der Waals surface area contributed by atoms with Crippen LogP contribution in [0.1, 0.15) is 29.8 Å². The molecule has 2 unspecified atom stereocenters. The van der Waals surface area contributed by atoms with Crippen LogP contribution in [0.15, 0.2) is 60.9 Å². The maximum absolute atomic E-state index is 6.58. The zero-order valence-corrected chi connectivity index (χ0v) is 18.7. The van der Waals surface area contributed by atoms with E-state index in [0.717, 1.165) is 29.1 Å². The van der Waals surface area contributed by atoms with Crippen molar-refractivity contribution >= 4 is 24.0 Å². The first-order chi connectivity index (χ1) is 14.1. The second-order valence-corrected chi connectivity index (χ2v) is 7.63. The highest BCUT2D eigenvalue weighted by Crippen LogP contribution is 2.38. The van der Waals surface area contributed by atoms with Crippen LogP contribution in [0, 0.1) is 6.92 Å². The Labute approximate surface area is 188 Å². The van der Waals surface area contributed by atoms with Crippen molar-refractivity contribution in [1.29, 1.82) is 0 Å². The molecule has 1 fully saturated rings. The molecule has 0 aliphatic carbocycles. The molecule has 160 valence electrons. The van der Waals surface area contributed by atoms with Crippen LogP contribution in [-0.2, 0) is 26.6 Å². The van der Waals surface area contributed by atoms with Crippen LogP contribution in [0.3, 0.4) is 0 Å². The van der Waals surface area contributed by atoms with Gasteiger partial charge in [0.1, 0.15) is 5.82 Å². The molecule has 2 heterocycles. The van der Waals surface area contributed by atoms with Crippen molar-refractivity contribution < 1.29 is 14.2 Å². The summed E-state index contributed by atoms with van der Waals surface area (Å²) in [6, 6.07) is 16.0. The molecule has 7 heteroatoms. The molecule has 30 heavy (non-hydrogen) atoms. The number of imidazole rings is 1. The van der Waals surface area contributed by atoms with E-state index in [0.29, 0.717) is 24.7 Å². The molecule has 2 atom stereocenters. The van der Waals surface area contributed by atoms with E-state index in [4.69, 9.17) is 25.8 Å². The molecular formula is C23H26Cl2N2O3. The Balaban J connectivity index is 0.00000256. The topological polar surface area (TPSA) is 45.5 Å². The van der Waals surface area contributed by atoms with E-state index in [2.05, 4.69) is 4.98 Å². The number of methoxy groups -OCH3 is 1. The average molecular weight is 449 g/mol. The molecular weight excluding hydrogens is 423 g/mol. The van der Waals surface area contributed by atoms with Gasteiger partial charge in [0.05, 0.1) is 19.3 Å². The highest BCUT2D eigenvalue weighted by Gasteiger charge is 2.40. The highest BCUT2D eigenvalue weighted by molar-refractivity contribution is 6.31. The molecule has 1 aromatic heterocycles. The van der Waals surface area contributed by atoms with Crippen LogP contribution in [0.25, 0.3) is 5.69 Å². The van der Waals surface area contributed by atoms with E-state index in [-0.39, 0.29) is 18.5 Å².